The lowest BCUT2D eigenvalue weighted by molar-refractivity contribution is 0.149. The maximum Gasteiger partial charge on any atom is 0.0687 e. The number of hydrogen-bond acceptors (Lipinski definition) is 2. The Morgan fingerprint density at radius 1 is 1.73 bits per heavy atom. The molecule has 0 N–H and O–H groups in total. The van der Waals surface area contributed by atoms with E-state index in [1.165, 1.54) is 11.3 Å². The average Bonchev–Trinajstić information content (AvgIpc) is 2.07. The molecule has 11 heavy (non-hydrogen) atoms. The summed E-state index contributed by atoms with van der Waals surface area (Å²) in [5.41, 5.74) is 1.48. The molecule has 0 aromatic heterocycles. The van der Waals surface area contributed by atoms with Gasteiger partial charge in [-0.25, -0.2) is 0 Å². The molecule has 0 aliphatic carbocycles. The highest BCUT2D eigenvalue weighted by molar-refractivity contribution is 8.00. The van der Waals surface area contributed by atoms with Crippen molar-refractivity contribution in [2.24, 2.45) is 0 Å². The molecule has 64 valence electrons. The van der Waals surface area contributed by atoms with E-state index in [9.17, 15) is 0 Å². The van der Waals surface area contributed by atoms with E-state index in [1.807, 2.05) is 11.8 Å². The van der Waals surface area contributed by atoms with E-state index in [1.54, 1.807) is 0 Å². The standard InChI is InChI=1S/C9H16OS/c1-3-11-8(2)9-5-4-6-10-7-9/h5,8H,3-4,6-7H2,1-2H3. The van der Waals surface area contributed by atoms with Crippen LogP contribution in [0.1, 0.15) is 20.3 Å². The molecule has 2 heteroatoms. The lowest BCUT2D eigenvalue weighted by Gasteiger charge is -2.18. The molecule has 0 bridgehead atoms. The SMILES string of the molecule is CCSC(C)C1=CCCOC1. The highest BCUT2D eigenvalue weighted by Gasteiger charge is 2.10. The Bertz CT molecular complexity index is 142. The average molecular weight is 172 g/mol. The van der Waals surface area contributed by atoms with E-state index >= 15 is 0 Å². The van der Waals surface area contributed by atoms with Crippen molar-refractivity contribution >= 4 is 11.8 Å². The van der Waals surface area contributed by atoms with Crippen molar-refractivity contribution in [3.8, 4) is 0 Å². The van der Waals surface area contributed by atoms with Gasteiger partial charge >= 0.3 is 0 Å². The molecule has 1 rings (SSSR count). The minimum atomic E-state index is 0.653. The molecule has 1 aliphatic heterocycles. The maximum atomic E-state index is 5.37. The summed E-state index contributed by atoms with van der Waals surface area (Å²) >= 11 is 1.99. The van der Waals surface area contributed by atoms with Gasteiger partial charge in [0.2, 0.25) is 0 Å². The number of rotatable bonds is 3. The molecule has 0 spiro atoms. The van der Waals surface area contributed by atoms with Crippen LogP contribution in [0.15, 0.2) is 11.6 Å². The van der Waals surface area contributed by atoms with Gasteiger partial charge in [-0.15, -0.1) is 0 Å². The van der Waals surface area contributed by atoms with Gasteiger partial charge in [0.1, 0.15) is 0 Å². The van der Waals surface area contributed by atoms with E-state index < -0.39 is 0 Å². The molecule has 0 amide bonds. The summed E-state index contributed by atoms with van der Waals surface area (Å²) in [7, 11) is 0. The van der Waals surface area contributed by atoms with Crippen LogP contribution in [0.3, 0.4) is 0 Å². The molecule has 0 saturated carbocycles. The molecule has 1 unspecified atom stereocenters. The smallest absolute Gasteiger partial charge is 0.0687 e. The molecule has 0 aromatic carbocycles. The maximum absolute atomic E-state index is 5.37. The Kier molecular flexibility index (Phi) is 4.02. The second-order valence-electron chi connectivity index (χ2n) is 2.72. The quantitative estimate of drug-likeness (QED) is 0.605. The zero-order valence-electron chi connectivity index (χ0n) is 7.30. The fourth-order valence-electron chi connectivity index (χ4n) is 1.22. The van der Waals surface area contributed by atoms with Crippen molar-refractivity contribution < 1.29 is 4.74 Å². The Morgan fingerprint density at radius 2 is 2.55 bits per heavy atom. The Labute approximate surface area is 73.2 Å². The van der Waals surface area contributed by atoms with Crippen molar-refractivity contribution in [2.45, 2.75) is 25.5 Å². The number of thioether (sulfide) groups is 1. The Balaban J connectivity index is 2.37. The highest BCUT2D eigenvalue weighted by Crippen LogP contribution is 2.21. The second kappa shape index (κ2) is 4.83. The Morgan fingerprint density at radius 3 is 3.09 bits per heavy atom. The first-order valence-electron chi connectivity index (χ1n) is 4.23. The van der Waals surface area contributed by atoms with Gasteiger partial charge in [0.05, 0.1) is 13.2 Å². The van der Waals surface area contributed by atoms with Gasteiger partial charge in [-0.1, -0.05) is 13.0 Å². The van der Waals surface area contributed by atoms with Crippen molar-refractivity contribution in [1.82, 2.24) is 0 Å². The van der Waals surface area contributed by atoms with Crippen LogP contribution in [-0.2, 0) is 4.74 Å². The third-order valence-corrected chi connectivity index (χ3v) is 3.01. The lowest BCUT2D eigenvalue weighted by atomic mass is 10.1. The summed E-state index contributed by atoms with van der Waals surface area (Å²) in [6.45, 7) is 6.22. The van der Waals surface area contributed by atoms with Crippen molar-refractivity contribution in [2.75, 3.05) is 19.0 Å². The summed E-state index contributed by atoms with van der Waals surface area (Å²) in [6.07, 6.45) is 3.43. The van der Waals surface area contributed by atoms with Crippen LogP contribution in [0.2, 0.25) is 0 Å². The van der Waals surface area contributed by atoms with Gasteiger partial charge in [-0.05, 0) is 24.7 Å². The summed E-state index contributed by atoms with van der Waals surface area (Å²) in [4.78, 5) is 0. The molecule has 0 aromatic rings. The zero-order chi connectivity index (χ0) is 8.10. The van der Waals surface area contributed by atoms with E-state index in [2.05, 4.69) is 19.9 Å². The van der Waals surface area contributed by atoms with Crippen LogP contribution >= 0.6 is 11.8 Å². The van der Waals surface area contributed by atoms with Crippen LogP contribution in [0.4, 0.5) is 0 Å². The van der Waals surface area contributed by atoms with Crippen molar-refractivity contribution in [3.63, 3.8) is 0 Å². The van der Waals surface area contributed by atoms with Crippen molar-refractivity contribution in [1.29, 1.82) is 0 Å². The molecule has 0 radical (unpaired) electrons. The number of ether oxygens (including phenoxy) is 1. The van der Waals surface area contributed by atoms with Crippen LogP contribution < -0.4 is 0 Å². The highest BCUT2D eigenvalue weighted by atomic mass is 32.2. The topological polar surface area (TPSA) is 9.23 Å². The monoisotopic (exact) mass is 172 g/mol. The van der Waals surface area contributed by atoms with E-state index in [4.69, 9.17) is 4.74 Å². The molecular formula is C9H16OS. The largest absolute Gasteiger partial charge is 0.377 e. The molecule has 0 fully saturated rings. The van der Waals surface area contributed by atoms with Crippen molar-refractivity contribution in [3.05, 3.63) is 11.6 Å². The fourth-order valence-corrected chi connectivity index (χ4v) is 2.10. The lowest BCUT2D eigenvalue weighted by Crippen LogP contribution is -2.13. The first-order chi connectivity index (χ1) is 5.34. The molecule has 1 atom stereocenters. The normalized spacial score (nSPS) is 21.1. The molecule has 1 heterocycles. The zero-order valence-corrected chi connectivity index (χ0v) is 8.12. The van der Waals surface area contributed by atoms with Gasteiger partial charge in [0.25, 0.3) is 0 Å². The second-order valence-corrected chi connectivity index (χ2v) is 4.34. The minimum absolute atomic E-state index is 0.653. The van der Waals surface area contributed by atoms with Crippen LogP contribution in [0, 0.1) is 0 Å². The van der Waals surface area contributed by atoms with Crippen LogP contribution in [-0.4, -0.2) is 24.2 Å². The predicted molar refractivity (Wildman–Crippen MR) is 51.1 cm³/mol. The molecular weight excluding hydrogens is 156 g/mol. The van der Waals surface area contributed by atoms with Gasteiger partial charge in [0.15, 0.2) is 0 Å². The van der Waals surface area contributed by atoms with Crippen LogP contribution in [0.5, 0.6) is 0 Å². The fraction of sp³-hybridized carbons (Fsp3) is 0.778. The summed E-state index contributed by atoms with van der Waals surface area (Å²) in [5.74, 6) is 1.19. The van der Waals surface area contributed by atoms with E-state index in [0.717, 1.165) is 19.6 Å². The summed E-state index contributed by atoms with van der Waals surface area (Å²) < 4.78 is 5.37. The summed E-state index contributed by atoms with van der Waals surface area (Å²) in [5, 5.41) is 0.653. The van der Waals surface area contributed by atoms with Gasteiger partial charge in [-0.3, -0.25) is 0 Å². The third-order valence-electron chi connectivity index (χ3n) is 1.88. The minimum Gasteiger partial charge on any atom is -0.377 e. The van der Waals surface area contributed by atoms with E-state index in [0.29, 0.717) is 5.25 Å². The summed E-state index contributed by atoms with van der Waals surface area (Å²) in [6, 6.07) is 0. The van der Waals surface area contributed by atoms with Gasteiger partial charge in [0, 0.05) is 5.25 Å². The Hall–Kier alpha value is 0.0500. The number of hydrogen-bond donors (Lipinski definition) is 0. The first-order valence-corrected chi connectivity index (χ1v) is 5.27. The van der Waals surface area contributed by atoms with E-state index in [-0.39, 0.29) is 0 Å². The predicted octanol–water partition coefficient (Wildman–Crippen LogP) is 2.47. The van der Waals surface area contributed by atoms with Crippen LogP contribution in [0.25, 0.3) is 0 Å². The third kappa shape index (κ3) is 2.88. The molecule has 1 nitrogen and oxygen atoms in total. The van der Waals surface area contributed by atoms with Gasteiger partial charge < -0.3 is 4.74 Å². The molecule has 1 aliphatic rings. The van der Waals surface area contributed by atoms with Gasteiger partial charge in [-0.2, -0.15) is 11.8 Å². The first kappa shape index (κ1) is 9.14. The molecule has 0 saturated heterocycles.